The molecular formula is C29H39N5O3S2. The van der Waals surface area contributed by atoms with Crippen molar-refractivity contribution < 1.29 is 13.2 Å². The summed E-state index contributed by atoms with van der Waals surface area (Å²) in [4.78, 5) is 16.3. The molecule has 0 saturated heterocycles. The van der Waals surface area contributed by atoms with E-state index in [9.17, 15) is 13.2 Å². The summed E-state index contributed by atoms with van der Waals surface area (Å²) < 4.78 is 27.3. The summed E-state index contributed by atoms with van der Waals surface area (Å²) in [5.74, 6) is 0.0275. The van der Waals surface area contributed by atoms with Crippen molar-refractivity contribution in [3.05, 3.63) is 60.1 Å². The minimum Gasteiger partial charge on any atom is -0.326 e. The lowest BCUT2D eigenvalue weighted by Gasteiger charge is -2.06. The molecule has 0 aliphatic carbocycles. The van der Waals surface area contributed by atoms with Crippen LogP contribution in [-0.2, 0) is 14.8 Å². The summed E-state index contributed by atoms with van der Waals surface area (Å²) in [6.07, 6.45) is 15.9. The molecule has 0 atom stereocenters. The molecule has 0 aliphatic heterocycles. The Labute approximate surface area is 236 Å². The molecule has 0 bridgehead atoms. The van der Waals surface area contributed by atoms with Crippen LogP contribution in [0.25, 0.3) is 0 Å². The van der Waals surface area contributed by atoms with Gasteiger partial charge >= 0.3 is 0 Å². The largest absolute Gasteiger partial charge is 0.326 e. The fourth-order valence-electron chi connectivity index (χ4n) is 4.04. The monoisotopic (exact) mass is 569 g/mol. The van der Waals surface area contributed by atoms with E-state index in [4.69, 9.17) is 0 Å². The van der Waals surface area contributed by atoms with E-state index in [1.165, 1.54) is 87.5 Å². The molecule has 1 aromatic heterocycles. The zero-order valence-corrected chi connectivity index (χ0v) is 24.3. The number of carbonyl (C=O) groups is 1. The number of nitrogens with zero attached hydrogens (tertiary/aromatic N) is 3. The van der Waals surface area contributed by atoms with E-state index >= 15 is 0 Å². The van der Waals surface area contributed by atoms with Crippen molar-refractivity contribution in [2.24, 2.45) is 10.2 Å². The Hall–Kier alpha value is -3.11. The molecule has 0 fully saturated rings. The molecule has 1 heterocycles. The van der Waals surface area contributed by atoms with Crippen molar-refractivity contribution in [2.75, 3.05) is 10.0 Å². The molecule has 2 N–H and O–H groups in total. The number of sulfonamides is 1. The summed E-state index contributed by atoms with van der Waals surface area (Å²) >= 11 is 1.21. The van der Waals surface area contributed by atoms with Crippen molar-refractivity contribution in [2.45, 2.75) is 88.9 Å². The summed E-state index contributed by atoms with van der Waals surface area (Å²) in [6.45, 7) is 2.25. The van der Waals surface area contributed by atoms with Gasteiger partial charge in [-0.1, -0.05) is 71.1 Å². The number of nitrogens with one attached hydrogen (secondary N) is 2. The molecule has 0 spiro atoms. The van der Waals surface area contributed by atoms with Crippen LogP contribution in [0.3, 0.4) is 0 Å². The van der Waals surface area contributed by atoms with E-state index in [0.717, 1.165) is 18.5 Å². The normalized spacial score (nSPS) is 11.6. The Morgan fingerprint density at radius 3 is 1.87 bits per heavy atom. The Morgan fingerprint density at radius 1 is 0.795 bits per heavy atom. The number of benzene rings is 2. The van der Waals surface area contributed by atoms with E-state index in [1.54, 1.807) is 41.8 Å². The van der Waals surface area contributed by atoms with Crippen LogP contribution in [0.1, 0.15) is 84.0 Å². The van der Waals surface area contributed by atoms with E-state index < -0.39 is 10.0 Å². The second-order valence-corrected chi connectivity index (χ2v) is 12.1. The van der Waals surface area contributed by atoms with Crippen LogP contribution in [0.5, 0.6) is 0 Å². The van der Waals surface area contributed by atoms with Crippen LogP contribution < -0.4 is 10.0 Å². The van der Waals surface area contributed by atoms with Crippen molar-refractivity contribution in [3.8, 4) is 0 Å². The smallest absolute Gasteiger partial charge is 0.263 e. The highest BCUT2D eigenvalue weighted by Crippen LogP contribution is 2.23. The fraction of sp³-hybridized carbons (Fsp3) is 0.448. The molecule has 0 saturated carbocycles. The van der Waals surface area contributed by atoms with Crippen molar-refractivity contribution >= 4 is 49.5 Å². The second-order valence-electron chi connectivity index (χ2n) is 9.52. The second kappa shape index (κ2) is 16.8. The van der Waals surface area contributed by atoms with E-state index in [1.807, 2.05) is 0 Å². The molecular weight excluding hydrogens is 530 g/mol. The van der Waals surface area contributed by atoms with Gasteiger partial charge in [0.15, 0.2) is 5.13 Å². The summed E-state index contributed by atoms with van der Waals surface area (Å²) in [6, 6.07) is 13.3. The van der Waals surface area contributed by atoms with Crippen molar-refractivity contribution in [1.82, 2.24) is 4.98 Å². The zero-order valence-electron chi connectivity index (χ0n) is 22.6. The van der Waals surface area contributed by atoms with Crippen LogP contribution in [0, 0.1) is 0 Å². The minimum atomic E-state index is -3.71. The summed E-state index contributed by atoms with van der Waals surface area (Å²) in [5, 5.41) is 13.3. The first-order chi connectivity index (χ1) is 19.0. The average Bonchev–Trinajstić information content (AvgIpc) is 3.44. The number of anilines is 2. The van der Waals surface area contributed by atoms with Gasteiger partial charge in [-0.05, 0) is 55.0 Å². The molecule has 39 heavy (non-hydrogen) atoms. The highest BCUT2D eigenvalue weighted by molar-refractivity contribution is 7.93. The Kier molecular flexibility index (Phi) is 13.1. The van der Waals surface area contributed by atoms with Crippen LogP contribution in [0.2, 0.25) is 0 Å². The molecule has 8 nitrogen and oxygen atoms in total. The first-order valence-corrected chi connectivity index (χ1v) is 16.2. The fourth-order valence-corrected chi connectivity index (χ4v) is 5.83. The average molecular weight is 570 g/mol. The molecule has 1 amide bonds. The Balaban J connectivity index is 1.33. The van der Waals surface area contributed by atoms with Crippen LogP contribution in [0.4, 0.5) is 22.2 Å². The molecule has 210 valence electrons. The SMILES string of the molecule is CCCCCCCCCCCCCC(=O)Nc1ccc(N=Nc2ccc(S(=O)(=O)Nc3nccs3)cc2)cc1. The maximum absolute atomic E-state index is 12.4. The van der Waals surface area contributed by atoms with Gasteiger partial charge < -0.3 is 5.32 Å². The van der Waals surface area contributed by atoms with Gasteiger partial charge in [0.25, 0.3) is 10.0 Å². The Morgan fingerprint density at radius 2 is 1.33 bits per heavy atom. The number of hydrogen-bond donors (Lipinski definition) is 2. The van der Waals surface area contributed by atoms with Gasteiger partial charge in [0.05, 0.1) is 16.3 Å². The minimum absolute atomic E-state index is 0.0275. The maximum Gasteiger partial charge on any atom is 0.263 e. The van der Waals surface area contributed by atoms with Gasteiger partial charge in [0.2, 0.25) is 5.91 Å². The number of rotatable bonds is 18. The molecule has 10 heteroatoms. The lowest BCUT2D eigenvalue weighted by molar-refractivity contribution is -0.116. The van der Waals surface area contributed by atoms with E-state index in [2.05, 4.69) is 32.2 Å². The third-order valence-corrected chi connectivity index (χ3v) is 8.41. The number of azo groups is 1. The molecule has 3 aromatic rings. The third kappa shape index (κ3) is 11.7. The zero-order chi connectivity index (χ0) is 27.8. The quantitative estimate of drug-likeness (QED) is 0.117. The standard InChI is InChI=1S/C29H39N5O3S2/c1-2-3-4-5-6-7-8-9-10-11-12-13-28(35)31-24-14-16-25(17-15-24)32-33-26-18-20-27(21-19-26)39(36,37)34-29-30-22-23-38-29/h14-23H,2-13H2,1H3,(H,30,34)(H,31,35). The Bertz CT molecular complexity index is 1240. The van der Waals surface area contributed by atoms with Gasteiger partial charge in [-0.15, -0.1) is 11.3 Å². The van der Waals surface area contributed by atoms with E-state index in [-0.39, 0.29) is 10.8 Å². The lowest BCUT2D eigenvalue weighted by atomic mass is 10.1. The first kappa shape index (κ1) is 30.4. The number of hydrogen-bond acceptors (Lipinski definition) is 7. The molecule has 3 rings (SSSR count). The molecule has 0 unspecified atom stereocenters. The number of amides is 1. The van der Waals surface area contributed by atoms with Crippen LogP contribution >= 0.6 is 11.3 Å². The number of aromatic nitrogens is 1. The first-order valence-electron chi connectivity index (χ1n) is 13.8. The lowest BCUT2D eigenvalue weighted by Crippen LogP contribution is -2.12. The summed E-state index contributed by atoms with van der Waals surface area (Å²) in [5.41, 5.74) is 1.87. The van der Waals surface area contributed by atoms with Gasteiger partial charge in [0.1, 0.15) is 0 Å². The van der Waals surface area contributed by atoms with Gasteiger partial charge in [0, 0.05) is 23.7 Å². The maximum atomic E-state index is 12.4. The highest BCUT2D eigenvalue weighted by Gasteiger charge is 2.15. The topological polar surface area (TPSA) is 113 Å². The number of thiazole rings is 1. The molecule has 0 radical (unpaired) electrons. The van der Waals surface area contributed by atoms with Crippen molar-refractivity contribution in [3.63, 3.8) is 0 Å². The molecule has 2 aromatic carbocycles. The van der Waals surface area contributed by atoms with Gasteiger partial charge in [-0.3, -0.25) is 9.52 Å². The molecule has 0 aliphatic rings. The highest BCUT2D eigenvalue weighted by atomic mass is 32.2. The predicted molar refractivity (Wildman–Crippen MR) is 160 cm³/mol. The van der Waals surface area contributed by atoms with Crippen molar-refractivity contribution in [1.29, 1.82) is 0 Å². The number of unbranched alkanes of at least 4 members (excludes halogenated alkanes) is 10. The predicted octanol–water partition coefficient (Wildman–Crippen LogP) is 9.00. The van der Waals surface area contributed by atoms with Gasteiger partial charge in [-0.25, -0.2) is 13.4 Å². The third-order valence-electron chi connectivity index (χ3n) is 6.24. The summed E-state index contributed by atoms with van der Waals surface area (Å²) in [7, 11) is -3.71. The number of carbonyl (C=O) groups excluding carboxylic acids is 1. The van der Waals surface area contributed by atoms with Crippen LogP contribution in [-0.4, -0.2) is 19.3 Å². The van der Waals surface area contributed by atoms with Gasteiger partial charge in [-0.2, -0.15) is 10.2 Å². The van der Waals surface area contributed by atoms with Crippen LogP contribution in [0.15, 0.2) is 75.2 Å². The van der Waals surface area contributed by atoms with E-state index in [0.29, 0.717) is 22.9 Å².